The van der Waals surface area contributed by atoms with Crippen molar-refractivity contribution in [2.45, 2.75) is 26.5 Å². The van der Waals surface area contributed by atoms with Crippen molar-refractivity contribution in [1.82, 2.24) is 4.57 Å². The summed E-state index contributed by atoms with van der Waals surface area (Å²) in [6.45, 7) is 3.87. The summed E-state index contributed by atoms with van der Waals surface area (Å²) >= 11 is 9.54. The number of carbonyl (C=O) groups excluding carboxylic acids is 1. The summed E-state index contributed by atoms with van der Waals surface area (Å²) < 4.78 is 19.8. The van der Waals surface area contributed by atoms with E-state index in [1.807, 2.05) is 24.3 Å². The van der Waals surface area contributed by atoms with Gasteiger partial charge in [-0.1, -0.05) is 53.3 Å². The highest BCUT2D eigenvalue weighted by molar-refractivity contribution is 14.1. The van der Waals surface area contributed by atoms with Crippen LogP contribution < -0.4 is 24.4 Å². The third kappa shape index (κ3) is 6.25. The molecule has 0 fully saturated rings. The van der Waals surface area contributed by atoms with E-state index in [1.165, 1.54) is 15.9 Å². The lowest BCUT2D eigenvalue weighted by molar-refractivity contribution is -0.139. The number of esters is 1. The Kier molecular flexibility index (Phi) is 9.34. The summed E-state index contributed by atoms with van der Waals surface area (Å²) in [5.41, 5.74) is 3.24. The molecule has 11 heteroatoms. The van der Waals surface area contributed by atoms with Crippen LogP contribution in [0.1, 0.15) is 42.1 Å². The Morgan fingerprint density at radius 2 is 1.95 bits per heavy atom. The zero-order chi connectivity index (χ0) is 30.7. The fraction of sp³-hybridized carbons (Fsp3) is 0.188. The molecular weight excluding hydrogens is 701 g/mol. The van der Waals surface area contributed by atoms with Crippen LogP contribution in [0, 0.1) is 14.9 Å². The molecule has 0 spiro atoms. The van der Waals surface area contributed by atoms with E-state index in [9.17, 15) is 14.9 Å². The second-order valence-electron chi connectivity index (χ2n) is 9.45. The summed E-state index contributed by atoms with van der Waals surface area (Å²) in [5, 5.41) is 9.94. The van der Waals surface area contributed by atoms with Gasteiger partial charge in [0.15, 0.2) is 16.3 Å². The van der Waals surface area contributed by atoms with Crippen LogP contribution >= 0.6 is 45.5 Å². The highest BCUT2D eigenvalue weighted by atomic mass is 127. The zero-order valence-electron chi connectivity index (χ0n) is 23.4. The number of fused-ring (bicyclic) bond motifs is 1. The van der Waals surface area contributed by atoms with Crippen LogP contribution in [0.25, 0.3) is 6.08 Å². The molecule has 218 valence electrons. The fourth-order valence-corrected chi connectivity index (χ4v) is 6.73. The molecule has 0 saturated heterocycles. The van der Waals surface area contributed by atoms with Gasteiger partial charge in [-0.2, -0.15) is 5.26 Å². The molecule has 0 N–H and O–H groups in total. The van der Waals surface area contributed by atoms with Gasteiger partial charge in [0.1, 0.15) is 6.61 Å². The molecule has 1 aromatic heterocycles. The van der Waals surface area contributed by atoms with Crippen LogP contribution in [-0.2, 0) is 16.1 Å². The largest absolute Gasteiger partial charge is 0.493 e. The van der Waals surface area contributed by atoms with E-state index in [2.05, 4.69) is 33.7 Å². The van der Waals surface area contributed by atoms with Gasteiger partial charge in [-0.05, 0) is 84.0 Å². The molecule has 0 amide bonds. The molecule has 1 aliphatic rings. The Balaban J connectivity index is 1.57. The first kappa shape index (κ1) is 30.5. The zero-order valence-corrected chi connectivity index (χ0v) is 27.1. The van der Waals surface area contributed by atoms with Crippen LogP contribution in [0.4, 0.5) is 0 Å². The third-order valence-electron chi connectivity index (χ3n) is 6.76. The molecule has 4 aromatic rings. The SMILES string of the molecule is CCOC(=O)C1=C(C)N=c2s/c(=C/c3cc(I)c(OCc4ccccc4C#N)c(OC)c3)c(=O)n2[C@@H]1c1ccc(Cl)cc1. The average Bonchev–Trinajstić information content (AvgIpc) is 3.30. The molecule has 3 aromatic carbocycles. The van der Waals surface area contributed by atoms with Crippen molar-refractivity contribution in [2.24, 2.45) is 4.99 Å². The van der Waals surface area contributed by atoms with Gasteiger partial charge in [0.2, 0.25) is 0 Å². The minimum Gasteiger partial charge on any atom is -0.493 e. The van der Waals surface area contributed by atoms with E-state index in [1.54, 1.807) is 63.4 Å². The van der Waals surface area contributed by atoms with Crippen molar-refractivity contribution in [2.75, 3.05) is 13.7 Å². The van der Waals surface area contributed by atoms with Crippen molar-refractivity contribution >= 4 is 57.6 Å². The minimum absolute atomic E-state index is 0.193. The lowest BCUT2D eigenvalue weighted by Crippen LogP contribution is -2.39. The molecule has 0 aliphatic carbocycles. The van der Waals surface area contributed by atoms with Crippen molar-refractivity contribution in [1.29, 1.82) is 5.26 Å². The van der Waals surface area contributed by atoms with Crippen LogP contribution in [0.5, 0.6) is 11.5 Å². The standard InChI is InChI=1S/C32H25ClIN3O5S/c1-4-41-31(39)27-18(2)36-32-37(28(27)20-9-11-23(33)12-10-20)30(38)26(43-32)15-19-13-24(34)29(25(14-19)40-3)42-17-22-8-6-5-7-21(22)16-35/h5-15,28H,4,17H2,1-3H3/b26-15+/t28-/m1/s1. The fourth-order valence-electron chi connectivity index (χ4n) is 4.77. The van der Waals surface area contributed by atoms with E-state index < -0.39 is 12.0 Å². The molecule has 0 radical (unpaired) electrons. The van der Waals surface area contributed by atoms with E-state index in [0.717, 1.165) is 14.7 Å². The molecule has 8 nitrogen and oxygen atoms in total. The first-order valence-electron chi connectivity index (χ1n) is 13.2. The predicted octanol–water partition coefficient (Wildman–Crippen LogP) is 5.52. The second-order valence-corrected chi connectivity index (χ2v) is 12.1. The van der Waals surface area contributed by atoms with Crippen LogP contribution in [0.3, 0.4) is 0 Å². The molecule has 2 heterocycles. The molecule has 1 aliphatic heterocycles. The number of halogens is 2. The minimum atomic E-state index is -0.726. The van der Waals surface area contributed by atoms with E-state index >= 15 is 0 Å². The number of thiazole rings is 1. The molecule has 0 unspecified atom stereocenters. The van der Waals surface area contributed by atoms with Crippen molar-refractivity contribution in [3.63, 3.8) is 0 Å². The summed E-state index contributed by atoms with van der Waals surface area (Å²) in [6, 6.07) is 19.4. The monoisotopic (exact) mass is 725 g/mol. The topological polar surface area (TPSA) is 103 Å². The summed E-state index contributed by atoms with van der Waals surface area (Å²) in [6.07, 6.45) is 1.77. The highest BCUT2D eigenvalue weighted by Crippen LogP contribution is 2.35. The number of hydrogen-bond acceptors (Lipinski definition) is 8. The van der Waals surface area contributed by atoms with Gasteiger partial charge in [0.25, 0.3) is 5.56 Å². The molecule has 1 atom stereocenters. The van der Waals surface area contributed by atoms with Crippen molar-refractivity contribution in [3.05, 3.63) is 122 Å². The predicted molar refractivity (Wildman–Crippen MR) is 173 cm³/mol. The van der Waals surface area contributed by atoms with Crippen molar-refractivity contribution < 1.29 is 19.0 Å². The Morgan fingerprint density at radius 1 is 1.21 bits per heavy atom. The number of benzene rings is 3. The van der Waals surface area contributed by atoms with Crippen LogP contribution in [0.2, 0.25) is 5.02 Å². The Morgan fingerprint density at radius 3 is 2.65 bits per heavy atom. The number of carbonyl (C=O) groups is 1. The Hall–Kier alpha value is -3.92. The van der Waals surface area contributed by atoms with Gasteiger partial charge in [0, 0.05) is 10.6 Å². The highest BCUT2D eigenvalue weighted by Gasteiger charge is 2.33. The van der Waals surface area contributed by atoms with Gasteiger partial charge >= 0.3 is 5.97 Å². The second kappa shape index (κ2) is 13.2. The molecule has 5 rings (SSSR count). The maximum Gasteiger partial charge on any atom is 0.338 e. The molecule has 0 saturated carbocycles. The number of aromatic nitrogens is 1. The average molecular weight is 726 g/mol. The number of methoxy groups -OCH3 is 1. The number of nitriles is 1. The van der Waals surface area contributed by atoms with Gasteiger partial charge in [0.05, 0.1) is 50.8 Å². The normalized spacial score (nSPS) is 14.5. The molecule has 0 bridgehead atoms. The van der Waals surface area contributed by atoms with Crippen molar-refractivity contribution in [3.8, 4) is 17.6 Å². The van der Waals surface area contributed by atoms with Gasteiger partial charge in [-0.15, -0.1) is 0 Å². The van der Waals surface area contributed by atoms with E-state index in [0.29, 0.717) is 48.3 Å². The quantitative estimate of drug-likeness (QED) is 0.175. The first-order valence-corrected chi connectivity index (χ1v) is 15.5. The Bertz CT molecular complexity index is 1980. The van der Waals surface area contributed by atoms with Gasteiger partial charge in [-0.3, -0.25) is 9.36 Å². The third-order valence-corrected chi connectivity index (χ3v) is 8.80. The first-order chi connectivity index (χ1) is 20.7. The summed E-state index contributed by atoms with van der Waals surface area (Å²) in [5.74, 6) is 0.497. The van der Waals surface area contributed by atoms with Crippen LogP contribution in [-0.4, -0.2) is 24.3 Å². The maximum atomic E-state index is 13.9. The lowest BCUT2D eigenvalue weighted by atomic mass is 9.96. The number of ether oxygens (including phenoxy) is 3. The van der Waals surface area contributed by atoms with Gasteiger partial charge in [-0.25, -0.2) is 9.79 Å². The Labute approximate surface area is 270 Å². The van der Waals surface area contributed by atoms with Gasteiger partial charge < -0.3 is 14.2 Å². The number of allylic oxidation sites excluding steroid dienone is 1. The number of nitrogens with zero attached hydrogens (tertiary/aromatic N) is 3. The molecule has 43 heavy (non-hydrogen) atoms. The summed E-state index contributed by atoms with van der Waals surface area (Å²) in [7, 11) is 1.55. The smallest absolute Gasteiger partial charge is 0.338 e. The molecular formula is C32H25ClIN3O5S. The number of hydrogen-bond donors (Lipinski definition) is 0. The van der Waals surface area contributed by atoms with E-state index in [4.69, 9.17) is 25.8 Å². The van der Waals surface area contributed by atoms with E-state index in [-0.39, 0.29) is 18.8 Å². The summed E-state index contributed by atoms with van der Waals surface area (Å²) in [4.78, 5) is 32.1. The lowest BCUT2D eigenvalue weighted by Gasteiger charge is -2.24. The number of rotatable bonds is 8. The van der Waals surface area contributed by atoms with Crippen LogP contribution in [0.15, 0.2) is 81.7 Å². The maximum absolute atomic E-state index is 13.9.